The van der Waals surface area contributed by atoms with E-state index in [4.69, 9.17) is 5.73 Å². The fourth-order valence-electron chi connectivity index (χ4n) is 1.50. The minimum Gasteiger partial charge on any atom is -0.324 e. The van der Waals surface area contributed by atoms with Gasteiger partial charge in [0.15, 0.2) is 0 Å². The molecule has 0 amide bonds. The Labute approximate surface area is 97.4 Å². The van der Waals surface area contributed by atoms with Gasteiger partial charge in [0.05, 0.1) is 0 Å². The van der Waals surface area contributed by atoms with Gasteiger partial charge in [-0.3, -0.25) is 0 Å². The molecular formula is C10H12BrClFN. The standard InChI is InChI=1S/C10H11BrFN.ClH/c11-8-3-7(4-9(12)5-8)10(13)6-1-2-6;/h3-6,10H,1-2,13H2;1H. The van der Waals surface area contributed by atoms with Gasteiger partial charge in [0.2, 0.25) is 0 Å². The van der Waals surface area contributed by atoms with Crippen LogP contribution in [-0.2, 0) is 0 Å². The summed E-state index contributed by atoms with van der Waals surface area (Å²) in [7, 11) is 0. The molecule has 2 rings (SSSR count). The Bertz CT molecular complexity index is 308. The van der Waals surface area contributed by atoms with E-state index in [0.717, 1.165) is 10.0 Å². The van der Waals surface area contributed by atoms with Gasteiger partial charge in [0, 0.05) is 10.5 Å². The van der Waals surface area contributed by atoms with E-state index in [1.54, 1.807) is 0 Å². The van der Waals surface area contributed by atoms with Crippen molar-refractivity contribution in [3.05, 3.63) is 34.1 Å². The molecule has 0 bridgehead atoms. The third kappa shape index (κ3) is 2.69. The van der Waals surface area contributed by atoms with Crippen LogP contribution in [0.3, 0.4) is 0 Å². The summed E-state index contributed by atoms with van der Waals surface area (Å²) in [5, 5.41) is 0. The van der Waals surface area contributed by atoms with Gasteiger partial charge >= 0.3 is 0 Å². The molecule has 1 aliphatic carbocycles. The van der Waals surface area contributed by atoms with Crippen LogP contribution >= 0.6 is 28.3 Å². The summed E-state index contributed by atoms with van der Waals surface area (Å²) in [6, 6.07) is 4.87. The van der Waals surface area contributed by atoms with Gasteiger partial charge in [-0.25, -0.2) is 4.39 Å². The fraction of sp³-hybridized carbons (Fsp3) is 0.400. The molecule has 78 valence electrons. The van der Waals surface area contributed by atoms with Gasteiger partial charge < -0.3 is 5.73 Å². The highest BCUT2D eigenvalue weighted by atomic mass is 79.9. The van der Waals surface area contributed by atoms with Gasteiger partial charge in [0.25, 0.3) is 0 Å². The second-order valence-corrected chi connectivity index (χ2v) is 4.48. The number of benzene rings is 1. The van der Waals surface area contributed by atoms with Crippen LogP contribution in [0.15, 0.2) is 22.7 Å². The molecule has 0 heterocycles. The van der Waals surface area contributed by atoms with Crippen molar-refractivity contribution in [2.24, 2.45) is 11.7 Å². The Morgan fingerprint density at radius 1 is 1.36 bits per heavy atom. The van der Waals surface area contributed by atoms with E-state index >= 15 is 0 Å². The van der Waals surface area contributed by atoms with Crippen molar-refractivity contribution in [3.63, 3.8) is 0 Å². The first-order valence-electron chi connectivity index (χ1n) is 4.38. The first-order valence-corrected chi connectivity index (χ1v) is 5.17. The predicted molar refractivity (Wildman–Crippen MR) is 61.0 cm³/mol. The highest BCUT2D eigenvalue weighted by Crippen LogP contribution is 2.39. The Hall–Kier alpha value is -0.120. The van der Waals surface area contributed by atoms with Crippen LogP contribution in [0.1, 0.15) is 24.4 Å². The lowest BCUT2D eigenvalue weighted by Crippen LogP contribution is -2.12. The van der Waals surface area contributed by atoms with Crippen molar-refractivity contribution in [2.75, 3.05) is 0 Å². The zero-order chi connectivity index (χ0) is 9.42. The molecule has 14 heavy (non-hydrogen) atoms. The first-order chi connectivity index (χ1) is 6.16. The van der Waals surface area contributed by atoms with Crippen molar-refractivity contribution in [3.8, 4) is 0 Å². The minimum absolute atomic E-state index is 0. The number of rotatable bonds is 2. The summed E-state index contributed by atoms with van der Waals surface area (Å²) in [5.74, 6) is 0.342. The normalized spacial score (nSPS) is 17.4. The Morgan fingerprint density at radius 2 is 2.00 bits per heavy atom. The molecule has 1 nitrogen and oxygen atoms in total. The van der Waals surface area contributed by atoms with Crippen molar-refractivity contribution >= 4 is 28.3 Å². The number of halogens is 3. The monoisotopic (exact) mass is 279 g/mol. The van der Waals surface area contributed by atoms with Gasteiger partial charge in [-0.2, -0.15) is 0 Å². The molecule has 0 aromatic heterocycles. The van der Waals surface area contributed by atoms with Gasteiger partial charge in [-0.1, -0.05) is 15.9 Å². The third-order valence-electron chi connectivity index (χ3n) is 2.40. The zero-order valence-electron chi connectivity index (χ0n) is 7.54. The second kappa shape index (κ2) is 4.60. The predicted octanol–water partition coefficient (Wildman–Crippen LogP) is 3.42. The highest BCUT2D eigenvalue weighted by molar-refractivity contribution is 9.10. The maximum Gasteiger partial charge on any atom is 0.124 e. The molecule has 0 radical (unpaired) electrons. The maximum absolute atomic E-state index is 13.0. The van der Waals surface area contributed by atoms with Crippen LogP contribution in [0, 0.1) is 11.7 Å². The van der Waals surface area contributed by atoms with E-state index in [1.165, 1.54) is 25.0 Å². The molecule has 1 aromatic carbocycles. The quantitative estimate of drug-likeness (QED) is 0.882. The van der Waals surface area contributed by atoms with Crippen molar-refractivity contribution in [1.82, 2.24) is 0 Å². The number of nitrogens with two attached hydrogens (primary N) is 1. The summed E-state index contributed by atoms with van der Waals surface area (Å²) in [5.41, 5.74) is 6.85. The van der Waals surface area contributed by atoms with Gasteiger partial charge in [-0.15, -0.1) is 12.4 Å². The van der Waals surface area contributed by atoms with Gasteiger partial charge in [-0.05, 0) is 42.5 Å². The summed E-state index contributed by atoms with van der Waals surface area (Å²) in [4.78, 5) is 0. The first kappa shape index (κ1) is 12.0. The molecule has 0 saturated heterocycles. The Kier molecular flexibility index (Phi) is 3.93. The van der Waals surface area contributed by atoms with E-state index < -0.39 is 0 Å². The Balaban J connectivity index is 0.000000980. The van der Waals surface area contributed by atoms with Crippen LogP contribution in [0.4, 0.5) is 4.39 Å². The van der Waals surface area contributed by atoms with Crippen LogP contribution in [0.5, 0.6) is 0 Å². The Morgan fingerprint density at radius 3 is 2.50 bits per heavy atom. The average Bonchev–Trinajstić information content (AvgIpc) is 2.83. The smallest absolute Gasteiger partial charge is 0.124 e. The van der Waals surface area contributed by atoms with Crippen LogP contribution in [-0.4, -0.2) is 0 Å². The zero-order valence-corrected chi connectivity index (χ0v) is 9.94. The molecule has 4 heteroatoms. The maximum atomic E-state index is 13.0. The molecule has 1 unspecified atom stereocenters. The molecule has 1 fully saturated rings. The summed E-state index contributed by atoms with van der Waals surface area (Å²) < 4.78 is 13.7. The third-order valence-corrected chi connectivity index (χ3v) is 2.86. The van der Waals surface area contributed by atoms with E-state index in [9.17, 15) is 4.39 Å². The van der Waals surface area contributed by atoms with E-state index in [1.807, 2.05) is 6.07 Å². The molecule has 2 N–H and O–H groups in total. The SMILES string of the molecule is Cl.NC(c1cc(F)cc(Br)c1)C1CC1. The summed E-state index contributed by atoms with van der Waals surface area (Å²) >= 11 is 3.26. The summed E-state index contributed by atoms with van der Waals surface area (Å²) in [6.07, 6.45) is 2.35. The topological polar surface area (TPSA) is 26.0 Å². The van der Waals surface area contributed by atoms with Crippen molar-refractivity contribution in [1.29, 1.82) is 0 Å². The van der Waals surface area contributed by atoms with Gasteiger partial charge in [0.1, 0.15) is 5.82 Å². The fourth-order valence-corrected chi connectivity index (χ4v) is 1.98. The highest BCUT2D eigenvalue weighted by Gasteiger charge is 2.29. The van der Waals surface area contributed by atoms with Crippen LogP contribution in [0.2, 0.25) is 0 Å². The lowest BCUT2D eigenvalue weighted by molar-refractivity contribution is 0.600. The molecule has 1 aliphatic rings. The molecule has 0 spiro atoms. The van der Waals surface area contributed by atoms with E-state index in [2.05, 4.69) is 15.9 Å². The molecule has 1 saturated carbocycles. The summed E-state index contributed by atoms with van der Waals surface area (Å²) in [6.45, 7) is 0. The second-order valence-electron chi connectivity index (χ2n) is 3.57. The largest absolute Gasteiger partial charge is 0.324 e. The number of hydrogen-bond donors (Lipinski definition) is 1. The molecule has 1 atom stereocenters. The van der Waals surface area contributed by atoms with E-state index in [0.29, 0.717) is 5.92 Å². The van der Waals surface area contributed by atoms with Crippen molar-refractivity contribution in [2.45, 2.75) is 18.9 Å². The van der Waals surface area contributed by atoms with Crippen LogP contribution < -0.4 is 5.73 Å². The van der Waals surface area contributed by atoms with Crippen LogP contribution in [0.25, 0.3) is 0 Å². The molecular weight excluding hydrogens is 268 g/mol. The lowest BCUT2D eigenvalue weighted by atomic mass is 10.0. The molecule has 0 aliphatic heterocycles. The lowest BCUT2D eigenvalue weighted by Gasteiger charge is -2.10. The number of hydrogen-bond acceptors (Lipinski definition) is 1. The molecule has 1 aromatic rings. The van der Waals surface area contributed by atoms with Crippen molar-refractivity contribution < 1.29 is 4.39 Å². The average molecular weight is 281 g/mol. The van der Waals surface area contributed by atoms with E-state index in [-0.39, 0.29) is 24.3 Å². The minimum atomic E-state index is -0.222.